The largest absolute Gasteiger partial charge is 0.375 e. The molecular weight excluding hydrogens is 333 g/mol. The summed E-state index contributed by atoms with van der Waals surface area (Å²) >= 11 is 0. The van der Waals surface area contributed by atoms with Crippen LogP contribution >= 0.6 is 0 Å². The lowest BCUT2D eigenvalue weighted by molar-refractivity contribution is 0.0827. The SMILES string of the molecule is COC(CNC(=O)c1cc(C)ccc1-n1ccnc1)c1ccc(F)cc1. The minimum absolute atomic E-state index is 0.207. The standard InChI is InChI=1S/C20H20FN3O2/c1-14-3-8-18(24-10-9-22-13-24)17(11-14)20(25)23-12-19(26-2)15-4-6-16(21)7-5-15/h3-11,13,19H,12H2,1-2H3,(H,23,25). The smallest absolute Gasteiger partial charge is 0.253 e. The minimum atomic E-state index is -0.360. The third kappa shape index (κ3) is 3.97. The maximum Gasteiger partial charge on any atom is 0.253 e. The molecule has 2 aromatic carbocycles. The number of halogens is 1. The highest BCUT2D eigenvalue weighted by atomic mass is 19.1. The van der Waals surface area contributed by atoms with E-state index in [-0.39, 0.29) is 24.4 Å². The zero-order chi connectivity index (χ0) is 18.5. The van der Waals surface area contributed by atoms with Crippen LogP contribution in [0, 0.1) is 12.7 Å². The van der Waals surface area contributed by atoms with Crippen molar-refractivity contribution in [3.63, 3.8) is 0 Å². The number of imidazole rings is 1. The number of nitrogens with zero attached hydrogens (tertiary/aromatic N) is 2. The summed E-state index contributed by atoms with van der Waals surface area (Å²) in [5.74, 6) is -0.515. The molecule has 3 rings (SSSR count). The number of rotatable bonds is 6. The first-order chi connectivity index (χ1) is 12.6. The van der Waals surface area contributed by atoms with Gasteiger partial charge in [-0.1, -0.05) is 23.8 Å². The summed E-state index contributed by atoms with van der Waals surface area (Å²) in [5, 5.41) is 2.90. The summed E-state index contributed by atoms with van der Waals surface area (Å²) in [6, 6.07) is 11.7. The number of methoxy groups -OCH3 is 1. The van der Waals surface area contributed by atoms with Gasteiger partial charge in [-0.3, -0.25) is 4.79 Å². The van der Waals surface area contributed by atoms with Crippen molar-refractivity contribution in [1.29, 1.82) is 0 Å². The van der Waals surface area contributed by atoms with Gasteiger partial charge in [-0.15, -0.1) is 0 Å². The van der Waals surface area contributed by atoms with Crippen molar-refractivity contribution in [1.82, 2.24) is 14.9 Å². The fourth-order valence-corrected chi connectivity index (χ4v) is 2.75. The maximum atomic E-state index is 13.1. The summed E-state index contributed by atoms with van der Waals surface area (Å²) in [5.41, 5.74) is 3.09. The molecule has 0 aliphatic carbocycles. The molecule has 0 aliphatic heterocycles. The highest BCUT2D eigenvalue weighted by Crippen LogP contribution is 2.19. The molecule has 1 heterocycles. The van der Waals surface area contributed by atoms with Gasteiger partial charge >= 0.3 is 0 Å². The predicted molar refractivity (Wildman–Crippen MR) is 96.8 cm³/mol. The molecule has 0 radical (unpaired) electrons. The highest BCUT2D eigenvalue weighted by Gasteiger charge is 2.16. The van der Waals surface area contributed by atoms with Crippen LogP contribution < -0.4 is 5.32 Å². The van der Waals surface area contributed by atoms with Crippen molar-refractivity contribution in [2.75, 3.05) is 13.7 Å². The van der Waals surface area contributed by atoms with E-state index in [2.05, 4.69) is 10.3 Å². The number of carbonyl (C=O) groups is 1. The van der Waals surface area contributed by atoms with E-state index in [0.717, 1.165) is 16.8 Å². The minimum Gasteiger partial charge on any atom is -0.375 e. The van der Waals surface area contributed by atoms with Gasteiger partial charge in [-0.05, 0) is 36.8 Å². The van der Waals surface area contributed by atoms with E-state index in [0.29, 0.717) is 5.56 Å². The average Bonchev–Trinajstić information content (AvgIpc) is 3.18. The number of benzene rings is 2. The summed E-state index contributed by atoms with van der Waals surface area (Å²) in [6.45, 7) is 2.21. The van der Waals surface area contributed by atoms with Crippen molar-refractivity contribution >= 4 is 5.91 Å². The van der Waals surface area contributed by atoms with E-state index in [1.165, 1.54) is 12.1 Å². The monoisotopic (exact) mass is 353 g/mol. The van der Waals surface area contributed by atoms with E-state index in [1.54, 1.807) is 42.5 Å². The Bertz CT molecular complexity index is 877. The Kier molecular flexibility index (Phi) is 5.43. The Morgan fingerprint density at radius 3 is 2.69 bits per heavy atom. The lowest BCUT2D eigenvalue weighted by Gasteiger charge is -2.18. The van der Waals surface area contributed by atoms with E-state index in [4.69, 9.17) is 4.74 Å². The van der Waals surface area contributed by atoms with Gasteiger partial charge in [0.1, 0.15) is 5.82 Å². The topological polar surface area (TPSA) is 56.1 Å². The van der Waals surface area contributed by atoms with Crippen molar-refractivity contribution < 1.29 is 13.9 Å². The molecule has 0 saturated carbocycles. The van der Waals surface area contributed by atoms with Gasteiger partial charge in [-0.2, -0.15) is 0 Å². The van der Waals surface area contributed by atoms with Crippen LogP contribution in [0.25, 0.3) is 5.69 Å². The number of aromatic nitrogens is 2. The molecule has 0 fully saturated rings. The van der Waals surface area contributed by atoms with Gasteiger partial charge in [0.15, 0.2) is 0 Å². The Hall–Kier alpha value is -2.99. The Labute approximate surface area is 151 Å². The summed E-state index contributed by atoms with van der Waals surface area (Å²) in [6.07, 6.45) is 4.74. The van der Waals surface area contributed by atoms with Gasteiger partial charge < -0.3 is 14.6 Å². The van der Waals surface area contributed by atoms with Crippen LogP contribution in [0.4, 0.5) is 4.39 Å². The van der Waals surface area contributed by atoms with Crippen LogP contribution in [0.3, 0.4) is 0 Å². The number of ether oxygens (including phenoxy) is 1. The molecule has 1 amide bonds. The van der Waals surface area contributed by atoms with Gasteiger partial charge in [0, 0.05) is 26.0 Å². The van der Waals surface area contributed by atoms with Crippen LogP contribution in [0.15, 0.2) is 61.2 Å². The fourth-order valence-electron chi connectivity index (χ4n) is 2.75. The van der Waals surface area contributed by atoms with Crippen LogP contribution in [-0.4, -0.2) is 29.1 Å². The molecule has 1 atom stereocenters. The van der Waals surface area contributed by atoms with Crippen molar-refractivity contribution in [2.45, 2.75) is 13.0 Å². The summed E-state index contributed by atoms with van der Waals surface area (Å²) < 4.78 is 20.3. The second-order valence-corrected chi connectivity index (χ2v) is 5.98. The van der Waals surface area contributed by atoms with Gasteiger partial charge in [0.2, 0.25) is 0 Å². The van der Waals surface area contributed by atoms with Gasteiger partial charge in [-0.25, -0.2) is 9.37 Å². The maximum absolute atomic E-state index is 13.1. The zero-order valence-corrected chi connectivity index (χ0v) is 14.6. The second-order valence-electron chi connectivity index (χ2n) is 5.98. The van der Waals surface area contributed by atoms with E-state index < -0.39 is 0 Å². The number of hydrogen-bond acceptors (Lipinski definition) is 3. The lowest BCUT2D eigenvalue weighted by atomic mass is 10.1. The number of aryl methyl sites for hydroxylation is 1. The van der Waals surface area contributed by atoms with Crippen LogP contribution in [0.5, 0.6) is 0 Å². The Balaban J connectivity index is 1.77. The van der Waals surface area contributed by atoms with Crippen LogP contribution in [0.2, 0.25) is 0 Å². The average molecular weight is 353 g/mol. The fraction of sp³-hybridized carbons (Fsp3) is 0.200. The van der Waals surface area contributed by atoms with Crippen LogP contribution in [0.1, 0.15) is 27.6 Å². The first kappa shape index (κ1) is 17.8. The molecule has 1 unspecified atom stereocenters. The Morgan fingerprint density at radius 2 is 2.04 bits per heavy atom. The first-order valence-corrected chi connectivity index (χ1v) is 8.24. The van der Waals surface area contributed by atoms with Crippen molar-refractivity contribution in [3.8, 4) is 5.69 Å². The molecule has 0 bridgehead atoms. The summed E-state index contributed by atoms with van der Waals surface area (Å²) in [4.78, 5) is 16.8. The number of nitrogens with one attached hydrogen (secondary N) is 1. The number of hydrogen-bond donors (Lipinski definition) is 1. The molecule has 1 N–H and O–H groups in total. The lowest BCUT2D eigenvalue weighted by Crippen LogP contribution is -2.30. The molecule has 0 aliphatic rings. The normalized spacial score (nSPS) is 12.0. The highest BCUT2D eigenvalue weighted by molar-refractivity contribution is 5.98. The molecule has 1 aromatic heterocycles. The molecule has 6 heteroatoms. The van der Waals surface area contributed by atoms with Crippen LogP contribution in [-0.2, 0) is 4.74 Å². The van der Waals surface area contributed by atoms with E-state index in [1.807, 2.05) is 25.1 Å². The van der Waals surface area contributed by atoms with E-state index in [9.17, 15) is 9.18 Å². The summed E-state index contributed by atoms with van der Waals surface area (Å²) in [7, 11) is 1.56. The Morgan fingerprint density at radius 1 is 1.27 bits per heavy atom. The second kappa shape index (κ2) is 7.93. The van der Waals surface area contributed by atoms with E-state index >= 15 is 0 Å². The molecule has 3 aromatic rings. The van der Waals surface area contributed by atoms with Crippen molar-refractivity contribution in [2.24, 2.45) is 0 Å². The third-order valence-electron chi connectivity index (χ3n) is 4.15. The van der Waals surface area contributed by atoms with Gasteiger partial charge in [0.25, 0.3) is 5.91 Å². The van der Waals surface area contributed by atoms with Crippen molar-refractivity contribution in [3.05, 3.63) is 83.7 Å². The molecule has 26 heavy (non-hydrogen) atoms. The number of carbonyl (C=O) groups excluding carboxylic acids is 1. The molecular formula is C20H20FN3O2. The number of amides is 1. The first-order valence-electron chi connectivity index (χ1n) is 8.24. The molecule has 0 spiro atoms. The van der Waals surface area contributed by atoms with Gasteiger partial charge in [0.05, 0.1) is 23.7 Å². The molecule has 134 valence electrons. The molecule has 0 saturated heterocycles. The zero-order valence-electron chi connectivity index (χ0n) is 14.6. The molecule has 5 nitrogen and oxygen atoms in total. The predicted octanol–water partition coefficient (Wildman–Crippen LogP) is 3.44. The third-order valence-corrected chi connectivity index (χ3v) is 4.15. The quantitative estimate of drug-likeness (QED) is 0.739.